The van der Waals surface area contributed by atoms with E-state index in [2.05, 4.69) is 15.9 Å². The highest BCUT2D eigenvalue weighted by molar-refractivity contribution is 9.10. The number of hydrogen-bond donors (Lipinski definition) is 0. The molecule has 1 nitrogen and oxygen atoms in total. The van der Waals surface area contributed by atoms with Gasteiger partial charge in [0.05, 0.1) is 0 Å². The molecule has 0 radical (unpaired) electrons. The molecule has 0 aliphatic heterocycles. The number of halogens is 2. The molecule has 16 heavy (non-hydrogen) atoms. The van der Waals surface area contributed by atoms with Crippen molar-refractivity contribution in [2.75, 3.05) is 0 Å². The molecule has 0 atom stereocenters. The summed E-state index contributed by atoms with van der Waals surface area (Å²) in [4.78, 5) is 0. The summed E-state index contributed by atoms with van der Waals surface area (Å²) >= 11 is 3.28. The number of rotatable bonds is 3. The quantitative estimate of drug-likeness (QED) is 0.820. The van der Waals surface area contributed by atoms with Gasteiger partial charge in [0.1, 0.15) is 6.61 Å². The van der Waals surface area contributed by atoms with Crippen molar-refractivity contribution in [3.8, 4) is 5.75 Å². The van der Waals surface area contributed by atoms with Gasteiger partial charge in [-0.05, 0) is 23.8 Å². The molecule has 3 heteroatoms. The molecule has 0 aromatic heterocycles. The third-order valence-electron chi connectivity index (χ3n) is 2.13. The second kappa shape index (κ2) is 5.12. The molecular formula is C13H10BrFO. The molecule has 2 aromatic carbocycles. The van der Waals surface area contributed by atoms with Gasteiger partial charge in [-0.25, -0.2) is 4.39 Å². The Kier molecular flexibility index (Phi) is 3.57. The van der Waals surface area contributed by atoms with Crippen LogP contribution in [0.15, 0.2) is 53.0 Å². The molecule has 0 fully saturated rings. The average Bonchev–Trinajstić information content (AvgIpc) is 2.32. The minimum Gasteiger partial charge on any atom is -0.486 e. The van der Waals surface area contributed by atoms with E-state index in [9.17, 15) is 4.39 Å². The van der Waals surface area contributed by atoms with Gasteiger partial charge < -0.3 is 4.74 Å². The summed E-state index contributed by atoms with van der Waals surface area (Å²) < 4.78 is 19.5. The highest BCUT2D eigenvalue weighted by Crippen LogP contribution is 2.23. The Morgan fingerprint density at radius 1 is 1.06 bits per heavy atom. The zero-order valence-electron chi connectivity index (χ0n) is 8.49. The van der Waals surface area contributed by atoms with Crippen LogP contribution >= 0.6 is 15.9 Å². The molecule has 0 N–H and O–H groups in total. The van der Waals surface area contributed by atoms with Crippen molar-refractivity contribution < 1.29 is 9.13 Å². The van der Waals surface area contributed by atoms with Gasteiger partial charge in [0.2, 0.25) is 0 Å². The van der Waals surface area contributed by atoms with Crippen LogP contribution < -0.4 is 4.74 Å². The van der Waals surface area contributed by atoms with Crippen molar-refractivity contribution in [2.45, 2.75) is 6.61 Å². The van der Waals surface area contributed by atoms with Crippen LogP contribution in [-0.4, -0.2) is 0 Å². The Morgan fingerprint density at radius 2 is 1.81 bits per heavy atom. The highest BCUT2D eigenvalue weighted by Gasteiger charge is 2.03. The van der Waals surface area contributed by atoms with E-state index < -0.39 is 0 Å². The Hall–Kier alpha value is -1.35. The molecule has 2 rings (SSSR count). The zero-order valence-corrected chi connectivity index (χ0v) is 10.1. The van der Waals surface area contributed by atoms with Gasteiger partial charge in [0.25, 0.3) is 0 Å². The third kappa shape index (κ3) is 2.83. The standard InChI is InChI=1S/C13H10BrFO/c14-11-6-7-12(15)13(8-11)16-9-10-4-2-1-3-5-10/h1-8H,9H2. The van der Waals surface area contributed by atoms with Crippen LogP contribution in [0.4, 0.5) is 4.39 Å². The van der Waals surface area contributed by atoms with Crippen molar-refractivity contribution in [2.24, 2.45) is 0 Å². The summed E-state index contributed by atoms with van der Waals surface area (Å²) in [6, 6.07) is 14.3. The normalized spacial score (nSPS) is 10.1. The van der Waals surface area contributed by atoms with E-state index in [1.54, 1.807) is 12.1 Å². The molecule has 0 aliphatic rings. The van der Waals surface area contributed by atoms with Gasteiger partial charge in [-0.2, -0.15) is 0 Å². The second-order valence-corrected chi connectivity index (χ2v) is 4.26. The lowest BCUT2D eigenvalue weighted by Crippen LogP contribution is -1.96. The van der Waals surface area contributed by atoms with E-state index in [0.717, 1.165) is 10.0 Å². The maximum Gasteiger partial charge on any atom is 0.165 e. The minimum atomic E-state index is -0.348. The van der Waals surface area contributed by atoms with Crippen LogP contribution in [0.5, 0.6) is 5.75 Å². The summed E-state index contributed by atoms with van der Waals surface area (Å²) in [5.74, 6) is -0.0858. The van der Waals surface area contributed by atoms with Crippen molar-refractivity contribution in [1.82, 2.24) is 0 Å². The Labute approximate surface area is 102 Å². The molecular weight excluding hydrogens is 271 g/mol. The summed E-state index contributed by atoms with van der Waals surface area (Å²) in [5.41, 5.74) is 1.02. The van der Waals surface area contributed by atoms with Gasteiger partial charge in [-0.1, -0.05) is 46.3 Å². The molecule has 0 saturated heterocycles. The van der Waals surface area contributed by atoms with E-state index in [1.807, 2.05) is 30.3 Å². The Bertz CT molecular complexity index is 471. The molecule has 0 bridgehead atoms. The molecule has 0 spiro atoms. The summed E-state index contributed by atoms with van der Waals surface area (Å²) in [7, 11) is 0. The third-order valence-corrected chi connectivity index (χ3v) is 2.62. The second-order valence-electron chi connectivity index (χ2n) is 3.35. The molecule has 0 heterocycles. The van der Waals surface area contributed by atoms with Crippen molar-refractivity contribution >= 4 is 15.9 Å². The maximum atomic E-state index is 13.3. The summed E-state index contributed by atoms with van der Waals surface area (Å²) in [6.07, 6.45) is 0. The smallest absolute Gasteiger partial charge is 0.165 e. The van der Waals surface area contributed by atoms with Crippen molar-refractivity contribution in [3.63, 3.8) is 0 Å². The van der Waals surface area contributed by atoms with E-state index in [-0.39, 0.29) is 11.6 Å². The Morgan fingerprint density at radius 3 is 2.56 bits per heavy atom. The first kappa shape index (κ1) is 11.1. The first-order valence-corrected chi connectivity index (χ1v) is 5.67. The summed E-state index contributed by atoms with van der Waals surface area (Å²) in [5, 5.41) is 0. The van der Waals surface area contributed by atoms with Crippen LogP contribution in [-0.2, 0) is 6.61 Å². The number of ether oxygens (including phenoxy) is 1. The Balaban J connectivity index is 2.08. The highest BCUT2D eigenvalue weighted by atomic mass is 79.9. The van der Waals surface area contributed by atoms with E-state index >= 15 is 0 Å². The predicted octanol–water partition coefficient (Wildman–Crippen LogP) is 4.17. The van der Waals surface area contributed by atoms with E-state index in [0.29, 0.717) is 6.61 Å². The fraction of sp³-hybridized carbons (Fsp3) is 0.0769. The SMILES string of the molecule is Fc1ccc(Br)cc1OCc1ccccc1. The lowest BCUT2D eigenvalue weighted by molar-refractivity contribution is 0.290. The summed E-state index contributed by atoms with van der Waals surface area (Å²) in [6.45, 7) is 0.369. The largest absolute Gasteiger partial charge is 0.486 e. The predicted molar refractivity (Wildman–Crippen MR) is 64.9 cm³/mol. The van der Waals surface area contributed by atoms with Crippen LogP contribution in [0.2, 0.25) is 0 Å². The van der Waals surface area contributed by atoms with Gasteiger partial charge in [0, 0.05) is 4.47 Å². The van der Waals surface area contributed by atoms with Crippen LogP contribution in [0.3, 0.4) is 0 Å². The van der Waals surface area contributed by atoms with Gasteiger partial charge in [0.15, 0.2) is 11.6 Å². The number of hydrogen-bond acceptors (Lipinski definition) is 1. The fourth-order valence-corrected chi connectivity index (χ4v) is 1.66. The first-order chi connectivity index (χ1) is 7.75. The van der Waals surface area contributed by atoms with Crippen LogP contribution in [0, 0.1) is 5.82 Å². The van der Waals surface area contributed by atoms with Gasteiger partial charge in [-0.3, -0.25) is 0 Å². The first-order valence-electron chi connectivity index (χ1n) is 4.87. The topological polar surface area (TPSA) is 9.23 Å². The van der Waals surface area contributed by atoms with E-state index in [4.69, 9.17) is 4.74 Å². The average molecular weight is 281 g/mol. The van der Waals surface area contributed by atoms with Gasteiger partial charge >= 0.3 is 0 Å². The van der Waals surface area contributed by atoms with Crippen molar-refractivity contribution in [1.29, 1.82) is 0 Å². The lowest BCUT2D eigenvalue weighted by Gasteiger charge is -2.07. The van der Waals surface area contributed by atoms with Crippen molar-refractivity contribution in [3.05, 3.63) is 64.4 Å². The lowest BCUT2D eigenvalue weighted by atomic mass is 10.2. The molecule has 2 aromatic rings. The zero-order chi connectivity index (χ0) is 11.4. The van der Waals surface area contributed by atoms with Crippen LogP contribution in [0.1, 0.15) is 5.56 Å². The monoisotopic (exact) mass is 280 g/mol. The van der Waals surface area contributed by atoms with Crippen LogP contribution in [0.25, 0.3) is 0 Å². The fourth-order valence-electron chi connectivity index (χ4n) is 1.32. The number of benzene rings is 2. The molecule has 82 valence electrons. The molecule has 0 saturated carbocycles. The van der Waals surface area contributed by atoms with Gasteiger partial charge in [-0.15, -0.1) is 0 Å². The maximum absolute atomic E-state index is 13.3. The molecule has 0 amide bonds. The van der Waals surface area contributed by atoms with E-state index in [1.165, 1.54) is 6.07 Å². The molecule has 0 unspecified atom stereocenters. The molecule has 0 aliphatic carbocycles. The minimum absolute atomic E-state index is 0.262.